The molecule has 6 nitrogen and oxygen atoms in total. The lowest BCUT2D eigenvalue weighted by molar-refractivity contribution is 0.345. The second-order valence-corrected chi connectivity index (χ2v) is 5.09. The number of nitrogens with zero attached hydrogens (tertiary/aromatic N) is 2. The van der Waals surface area contributed by atoms with E-state index in [0.29, 0.717) is 11.3 Å². The summed E-state index contributed by atoms with van der Waals surface area (Å²) in [5, 5.41) is 3.70. The van der Waals surface area contributed by atoms with Crippen LogP contribution in [0.4, 0.5) is 0 Å². The fourth-order valence-electron chi connectivity index (χ4n) is 1.74. The van der Waals surface area contributed by atoms with Gasteiger partial charge in [0, 0.05) is 5.56 Å². The molecule has 92 valence electrons. The summed E-state index contributed by atoms with van der Waals surface area (Å²) in [6, 6.07) is 3.01. The van der Waals surface area contributed by atoms with Crippen LogP contribution in [0.25, 0.3) is 0 Å². The number of hydrogen-bond acceptors (Lipinski definition) is 5. The molecule has 0 aromatic heterocycles. The van der Waals surface area contributed by atoms with Crippen molar-refractivity contribution in [2.75, 3.05) is 14.2 Å². The minimum atomic E-state index is -3.80. The van der Waals surface area contributed by atoms with Crippen LogP contribution in [-0.4, -0.2) is 22.6 Å². The Morgan fingerprint density at radius 1 is 1.24 bits per heavy atom. The molecule has 0 spiro atoms. The van der Waals surface area contributed by atoms with Gasteiger partial charge < -0.3 is 9.47 Å². The van der Waals surface area contributed by atoms with Crippen LogP contribution in [-0.2, 0) is 10.0 Å². The summed E-state index contributed by atoms with van der Waals surface area (Å²) < 4.78 is 37.3. The summed E-state index contributed by atoms with van der Waals surface area (Å²) in [6.07, 6.45) is 0. The van der Waals surface area contributed by atoms with Crippen LogP contribution in [0.2, 0.25) is 0 Å². The molecule has 1 unspecified atom stereocenters. The third-order valence-corrected chi connectivity index (χ3v) is 3.81. The zero-order valence-electron chi connectivity index (χ0n) is 9.67. The minimum Gasteiger partial charge on any atom is -0.493 e. The molecule has 2 rings (SSSR count). The highest BCUT2D eigenvalue weighted by Gasteiger charge is 2.32. The number of methoxy groups -OCH3 is 2. The second kappa shape index (κ2) is 3.99. The number of benzene rings is 1. The first-order valence-electron chi connectivity index (χ1n) is 4.93. The van der Waals surface area contributed by atoms with Crippen molar-refractivity contribution in [3.63, 3.8) is 0 Å². The van der Waals surface area contributed by atoms with Crippen LogP contribution in [0.5, 0.6) is 11.5 Å². The standard InChI is InChI=1S/C10H12N2O4S/c1-6-7-4-5-8(15-2)9(16-3)10(7)17(13,14)12-11-6/h4-6H,1-3H3. The Bertz CT molecular complexity index is 580. The van der Waals surface area contributed by atoms with Gasteiger partial charge in [-0.1, -0.05) is 10.6 Å². The van der Waals surface area contributed by atoms with Crippen LogP contribution < -0.4 is 9.47 Å². The van der Waals surface area contributed by atoms with Crippen molar-refractivity contribution in [3.05, 3.63) is 17.7 Å². The lowest BCUT2D eigenvalue weighted by atomic mass is 10.1. The van der Waals surface area contributed by atoms with E-state index in [4.69, 9.17) is 9.47 Å². The van der Waals surface area contributed by atoms with Gasteiger partial charge in [0.2, 0.25) is 0 Å². The highest BCUT2D eigenvalue weighted by Crippen LogP contribution is 2.43. The molecule has 7 heteroatoms. The highest BCUT2D eigenvalue weighted by atomic mass is 32.2. The Kier molecular flexibility index (Phi) is 2.78. The quantitative estimate of drug-likeness (QED) is 0.809. The molecule has 1 aromatic carbocycles. The van der Waals surface area contributed by atoms with Gasteiger partial charge in [-0.2, -0.15) is 13.5 Å². The monoisotopic (exact) mass is 256 g/mol. The molecule has 1 aromatic rings. The molecule has 0 N–H and O–H groups in total. The Labute approximate surface area is 99.3 Å². The molecule has 1 heterocycles. The van der Waals surface area contributed by atoms with E-state index in [1.54, 1.807) is 19.1 Å². The largest absolute Gasteiger partial charge is 0.493 e. The maximum atomic E-state index is 11.9. The lowest BCUT2D eigenvalue weighted by Crippen LogP contribution is -2.11. The van der Waals surface area contributed by atoms with E-state index in [1.807, 2.05) is 0 Å². The van der Waals surface area contributed by atoms with Crippen LogP contribution in [0.1, 0.15) is 18.5 Å². The van der Waals surface area contributed by atoms with Crippen molar-refractivity contribution >= 4 is 10.0 Å². The van der Waals surface area contributed by atoms with Gasteiger partial charge in [-0.3, -0.25) is 0 Å². The van der Waals surface area contributed by atoms with Crippen molar-refractivity contribution in [2.24, 2.45) is 9.63 Å². The maximum absolute atomic E-state index is 11.9. The van der Waals surface area contributed by atoms with Crippen molar-refractivity contribution in [1.82, 2.24) is 0 Å². The summed E-state index contributed by atoms with van der Waals surface area (Å²) in [7, 11) is -0.955. The molecule has 1 atom stereocenters. The van der Waals surface area contributed by atoms with Gasteiger partial charge in [-0.05, 0) is 13.0 Å². The van der Waals surface area contributed by atoms with Crippen molar-refractivity contribution < 1.29 is 17.9 Å². The van der Waals surface area contributed by atoms with Gasteiger partial charge in [-0.15, -0.1) is 0 Å². The van der Waals surface area contributed by atoms with Gasteiger partial charge in [0.15, 0.2) is 11.5 Å². The molecule has 1 aliphatic heterocycles. The molecule has 0 fully saturated rings. The number of fused-ring (bicyclic) bond motifs is 1. The van der Waals surface area contributed by atoms with Crippen molar-refractivity contribution in [3.8, 4) is 11.5 Å². The average molecular weight is 256 g/mol. The summed E-state index contributed by atoms with van der Waals surface area (Å²) in [6.45, 7) is 1.77. The van der Waals surface area contributed by atoms with Crippen molar-refractivity contribution in [2.45, 2.75) is 17.9 Å². The third-order valence-electron chi connectivity index (χ3n) is 2.57. The number of hydrogen-bond donors (Lipinski definition) is 0. The van der Waals surface area contributed by atoms with E-state index >= 15 is 0 Å². The molecule has 17 heavy (non-hydrogen) atoms. The lowest BCUT2D eigenvalue weighted by Gasteiger charge is -2.19. The van der Waals surface area contributed by atoms with Gasteiger partial charge in [0.05, 0.1) is 20.3 Å². The normalized spacial score (nSPS) is 20.8. The zero-order chi connectivity index (χ0) is 12.6. The van der Waals surface area contributed by atoms with Gasteiger partial charge in [0.25, 0.3) is 0 Å². The highest BCUT2D eigenvalue weighted by molar-refractivity contribution is 7.90. The van der Waals surface area contributed by atoms with Crippen LogP contribution in [0.15, 0.2) is 26.7 Å². The molecule has 0 saturated carbocycles. The maximum Gasteiger partial charge on any atom is 0.303 e. The average Bonchev–Trinajstić information content (AvgIpc) is 2.32. The molecule has 0 amide bonds. The van der Waals surface area contributed by atoms with E-state index in [2.05, 4.69) is 9.63 Å². The fourth-order valence-corrected chi connectivity index (χ4v) is 3.05. The van der Waals surface area contributed by atoms with E-state index in [0.717, 1.165) is 0 Å². The second-order valence-electron chi connectivity index (χ2n) is 3.57. The summed E-state index contributed by atoms with van der Waals surface area (Å²) >= 11 is 0. The molecular formula is C10H12N2O4S. The minimum absolute atomic E-state index is 0.0434. The summed E-state index contributed by atoms with van der Waals surface area (Å²) in [5.74, 6) is 0.537. The van der Waals surface area contributed by atoms with E-state index in [-0.39, 0.29) is 16.7 Å². The van der Waals surface area contributed by atoms with E-state index in [1.165, 1.54) is 14.2 Å². The third kappa shape index (κ3) is 1.76. The molecule has 0 radical (unpaired) electrons. The fraction of sp³-hybridized carbons (Fsp3) is 0.400. The van der Waals surface area contributed by atoms with Gasteiger partial charge in [-0.25, -0.2) is 0 Å². The molecular weight excluding hydrogens is 244 g/mol. The summed E-state index contributed by atoms with van der Waals surface area (Å²) in [5.41, 5.74) is 0.567. The molecule has 1 aliphatic rings. The SMILES string of the molecule is COc1ccc2c(c1OC)S(=O)(=O)N=NC2C. The van der Waals surface area contributed by atoms with Gasteiger partial charge in [0.1, 0.15) is 4.90 Å². The van der Waals surface area contributed by atoms with E-state index < -0.39 is 10.0 Å². The smallest absolute Gasteiger partial charge is 0.303 e. The van der Waals surface area contributed by atoms with Crippen molar-refractivity contribution in [1.29, 1.82) is 0 Å². The molecule has 0 bridgehead atoms. The number of sulfonamides is 1. The number of ether oxygens (including phenoxy) is 2. The predicted octanol–water partition coefficient (Wildman–Crippen LogP) is 1.92. The summed E-state index contributed by atoms with van der Waals surface area (Å²) in [4.78, 5) is 0.0434. The number of rotatable bonds is 2. The van der Waals surface area contributed by atoms with Gasteiger partial charge >= 0.3 is 10.0 Å². The first-order chi connectivity index (χ1) is 8.01. The first kappa shape index (κ1) is 11.8. The van der Waals surface area contributed by atoms with Crippen LogP contribution >= 0.6 is 0 Å². The Balaban J connectivity index is 2.82. The molecule has 0 aliphatic carbocycles. The Morgan fingerprint density at radius 2 is 1.94 bits per heavy atom. The van der Waals surface area contributed by atoms with Crippen LogP contribution in [0.3, 0.4) is 0 Å². The predicted molar refractivity (Wildman–Crippen MR) is 60.0 cm³/mol. The van der Waals surface area contributed by atoms with E-state index in [9.17, 15) is 8.42 Å². The zero-order valence-corrected chi connectivity index (χ0v) is 10.5. The first-order valence-corrected chi connectivity index (χ1v) is 6.37. The Hall–Kier alpha value is -1.63. The topological polar surface area (TPSA) is 77.3 Å². The Morgan fingerprint density at radius 3 is 2.53 bits per heavy atom. The van der Waals surface area contributed by atoms with Crippen LogP contribution in [0, 0.1) is 0 Å². The molecule has 0 saturated heterocycles.